The molecule has 0 radical (unpaired) electrons. The van der Waals surface area contributed by atoms with Crippen LogP contribution in [0.3, 0.4) is 0 Å². The molecule has 3 aliphatic heterocycles. The van der Waals surface area contributed by atoms with Gasteiger partial charge in [-0.1, -0.05) is 0 Å². The lowest BCUT2D eigenvalue weighted by Gasteiger charge is -2.39. The minimum absolute atomic E-state index is 0.253. The van der Waals surface area contributed by atoms with Crippen LogP contribution in [0.4, 0.5) is 5.82 Å². The Bertz CT molecular complexity index is 807. The van der Waals surface area contributed by atoms with E-state index in [0.717, 1.165) is 44.1 Å². The molecule has 2 atom stereocenters. The molecule has 0 bridgehead atoms. The van der Waals surface area contributed by atoms with Crippen LogP contribution in [0.25, 0.3) is 0 Å². The molecule has 3 saturated heterocycles. The maximum atomic E-state index is 13.5. The summed E-state index contributed by atoms with van der Waals surface area (Å²) in [4.78, 5) is 28.6. The third-order valence-corrected chi connectivity index (χ3v) is 6.30. The molecule has 2 aromatic heterocycles. The highest BCUT2D eigenvalue weighted by molar-refractivity contribution is 5.84. The molecule has 0 unspecified atom stereocenters. The van der Waals surface area contributed by atoms with Crippen LogP contribution < -0.4 is 4.90 Å². The highest BCUT2D eigenvalue weighted by Crippen LogP contribution is 2.43. The van der Waals surface area contributed by atoms with Crippen LogP contribution in [0.1, 0.15) is 5.56 Å². The number of nitrogens with zero attached hydrogens (tertiary/aromatic N) is 5. The third-order valence-electron chi connectivity index (χ3n) is 6.30. The number of piperazine rings is 1. The lowest BCUT2D eigenvalue weighted by Crippen LogP contribution is -2.55. The molecule has 2 aromatic rings. The van der Waals surface area contributed by atoms with E-state index < -0.39 is 5.41 Å². The number of rotatable bonds is 4. The van der Waals surface area contributed by atoms with E-state index in [1.165, 1.54) is 0 Å². The van der Waals surface area contributed by atoms with E-state index in [9.17, 15) is 4.79 Å². The molecule has 148 valence electrons. The molecule has 0 N–H and O–H groups in total. The topological polar surface area (TPSA) is 74.9 Å². The smallest absolute Gasteiger partial charge is 0.232 e. The van der Waals surface area contributed by atoms with Crippen molar-refractivity contribution >= 4 is 11.7 Å². The Hall–Kier alpha value is -2.45. The summed E-state index contributed by atoms with van der Waals surface area (Å²) < 4.78 is 11.0. The number of ether oxygens (including phenoxy) is 1. The number of hydrogen-bond donors (Lipinski definition) is 0. The molecular weight excluding hydrogens is 358 g/mol. The summed E-state index contributed by atoms with van der Waals surface area (Å²) in [5.74, 6) is 1.40. The average Bonchev–Trinajstić information content (AvgIpc) is 3.45. The fraction of sp³-hybridized carbons (Fsp3) is 0.550. The van der Waals surface area contributed by atoms with Crippen molar-refractivity contribution in [3.8, 4) is 0 Å². The fourth-order valence-electron chi connectivity index (χ4n) is 4.81. The Morgan fingerprint density at radius 3 is 2.89 bits per heavy atom. The van der Waals surface area contributed by atoms with Crippen molar-refractivity contribution in [3.05, 3.63) is 42.7 Å². The third kappa shape index (κ3) is 3.06. The van der Waals surface area contributed by atoms with Gasteiger partial charge in [-0.3, -0.25) is 14.7 Å². The minimum Gasteiger partial charge on any atom is -0.472 e. The first kappa shape index (κ1) is 17.6. The molecule has 8 heteroatoms. The van der Waals surface area contributed by atoms with Gasteiger partial charge in [0.2, 0.25) is 5.91 Å². The zero-order chi connectivity index (χ0) is 19.0. The number of amides is 1. The van der Waals surface area contributed by atoms with Crippen LogP contribution in [0.15, 0.2) is 41.6 Å². The monoisotopic (exact) mass is 383 g/mol. The van der Waals surface area contributed by atoms with Gasteiger partial charge in [0.15, 0.2) is 0 Å². The molecule has 5 heterocycles. The van der Waals surface area contributed by atoms with Crippen molar-refractivity contribution in [2.24, 2.45) is 11.3 Å². The van der Waals surface area contributed by atoms with Gasteiger partial charge < -0.3 is 19.0 Å². The fourth-order valence-corrected chi connectivity index (χ4v) is 4.81. The largest absolute Gasteiger partial charge is 0.472 e. The minimum atomic E-state index is -0.404. The van der Waals surface area contributed by atoms with Crippen LogP contribution in [0.5, 0.6) is 0 Å². The standard InChI is InChI=1S/C20H25N5O3/c26-19(25-6-4-24(5-7-25)18-9-21-2-3-22-18)20-14-23(10-16-1-8-27-12-16)11-17(20)13-28-15-20/h1-3,8-9,12,17H,4-7,10-11,13-15H2/t17-,20-/m1/s1. The lowest BCUT2D eigenvalue weighted by atomic mass is 9.79. The van der Waals surface area contributed by atoms with E-state index >= 15 is 0 Å². The normalized spacial score (nSPS) is 27.9. The summed E-state index contributed by atoms with van der Waals surface area (Å²) in [6, 6.07) is 1.99. The summed E-state index contributed by atoms with van der Waals surface area (Å²) in [7, 11) is 0. The van der Waals surface area contributed by atoms with Gasteiger partial charge >= 0.3 is 0 Å². The summed E-state index contributed by atoms with van der Waals surface area (Å²) >= 11 is 0. The first-order valence-electron chi connectivity index (χ1n) is 9.86. The maximum Gasteiger partial charge on any atom is 0.232 e. The average molecular weight is 383 g/mol. The molecule has 0 aliphatic carbocycles. The predicted molar refractivity (Wildman–Crippen MR) is 102 cm³/mol. The molecule has 8 nitrogen and oxygen atoms in total. The Balaban J connectivity index is 1.25. The number of anilines is 1. The lowest BCUT2D eigenvalue weighted by molar-refractivity contribution is -0.143. The number of carbonyl (C=O) groups is 1. The van der Waals surface area contributed by atoms with E-state index in [2.05, 4.69) is 19.8 Å². The molecule has 1 amide bonds. The first-order chi connectivity index (χ1) is 13.7. The van der Waals surface area contributed by atoms with Crippen molar-refractivity contribution in [3.63, 3.8) is 0 Å². The molecule has 3 aliphatic rings. The maximum absolute atomic E-state index is 13.5. The van der Waals surface area contributed by atoms with Gasteiger partial charge in [-0.2, -0.15) is 0 Å². The Morgan fingerprint density at radius 1 is 1.25 bits per heavy atom. The second-order valence-electron chi connectivity index (χ2n) is 8.01. The number of fused-ring (bicyclic) bond motifs is 1. The van der Waals surface area contributed by atoms with Gasteiger partial charge in [0, 0.05) is 69.7 Å². The van der Waals surface area contributed by atoms with Crippen molar-refractivity contribution in [2.45, 2.75) is 6.54 Å². The summed E-state index contributed by atoms with van der Waals surface area (Å²) in [5.41, 5.74) is 0.749. The second kappa shape index (κ2) is 7.18. The summed E-state index contributed by atoms with van der Waals surface area (Å²) in [5, 5.41) is 0. The van der Waals surface area contributed by atoms with Gasteiger partial charge in [0.05, 0.1) is 37.4 Å². The van der Waals surface area contributed by atoms with Crippen molar-refractivity contribution in [1.82, 2.24) is 19.8 Å². The SMILES string of the molecule is O=C(N1CCN(c2cnccn2)CC1)[C@]12COC[C@H]1CN(Cc1ccoc1)C2. The van der Waals surface area contributed by atoms with Crippen molar-refractivity contribution < 1.29 is 13.9 Å². The number of likely N-dealkylation sites (tertiary alicyclic amines) is 1. The van der Waals surface area contributed by atoms with E-state index in [4.69, 9.17) is 9.15 Å². The molecule has 0 aromatic carbocycles. The van der Waals surface area contributed by atoms with Gasteiger partial charge in [0.25, 0.3) is 0 Å². The Morgan fingerprint density at radius 2 is 2.14 bits per heavy atom. The molecule has 0 saturated carbocycles. The first-order valence-corrected chi connectivity index (χ1v) is 9.86. The predicted octanol–water partition coefficient (Wildman–Crippen LogP) is 0.867. The van der Waals surface area contributed by atoms with Crippen LogP contribution in [0.2, 0.25) is 0 Å². The Kier molecular flexibility index (Phi) is 4.52. The molecule has 5 rings (SSSR count). The van der Waals surface area contributed by atoms with Crippen molar-refractivity contribution in [2.75, 3.05) is 57.4 Å². The number of carbonyl (C=O) groups excluding carboxylic acids is 1. The quantitative estimate of drug-likeness (QED) is 0.775. The molecule has 28 heavy (non-hydrogen) atoms. The summed E-state index contributed by atoms with van der Waals surface area (Å²) in [6.07, 6.45) is 8.65. The number of furan rings is 1. The molecular formula is C20H25N5O3. The van der Waals surface area contributed by atoms with Gasteiger partial charge in [-0.25, -0.2) is 4.98 Å². The van der Waals surface area contributed by atoms with Gasteiger partial charge in [-0.05, 0) is 6.07 Å². The van der Waals surface area contributed by atoms with Gasteiger partial charge in [-0.15, -0.1) is 0 Å². The number of hydrogen-bond acceptors (Lipinski definition) is 7. The number of aromatic nitrogens is 2. The van der Waals surface area contributed by atoms with Crippen LogP contribution >= 0.6 is 0 Å². The molecule has 0 spiro atoms. The molecule has 3 fully saturated rings. The zero-order valence-electron chi connectivity index (χ0n) is 15.9. The summed E-state index contributed by atoms with van der Waals surface area (Å²) in [6.45, 7) is 6.67. The second-order valence-corrected chi connectivity index (χ2v) is 8.01. The van der Waals surface area contributed by atoms with E-state index in [1.54, 1.807) is 31.1 Å². The van der Waals surface area contributed by atoms with Crippen LogP contribution in [-0.2, 0) is 16.1 Å². The van der Waals surface area contributed by atoms with E-state index in [-0.39, 0.29) is 11.8 Å². The highest BCUT2D eigenvalue weighted by atomic mass is 16.5. The van der Waals surface area contributed by atoms with E-state index in [0.29, 0.717) is 26.3 Å². The zero-order valence-corrected chi connectivity index (χ0v) is 15.9. The van der Waals surface area contributed by atoms with Crippen molar-refractivity contribution in [1.29, 1.82) is 0 Å². The highest BCUT2D eigenvalue weighted by Gasteiger charge is 2.57. The Labute approximate surface area is 164 Å². The van der Waals surface area contributed by atoms with E-state index in [1.807, 2.05) is 11.0 Å². The van der Waals surface area contributed by atoms with Crippen LogP contribution in [0, 0.1) is 11.3 Å². The van der Waals surface area contributed by atoms with Crippen LogP contribution in [-0.4, -0.2) is 78.2 Å². The van der Waals surface area contributed by atoms with Gasteiger partial charge in [0.1, 0.15) is 5.82 Å².